The van der Waals surface area contributed by atoms with Gasteiger partial charge in [0.15, 0.2) is 5.69 Å². The third-order valence-electron chi connectivity index (χ3n) is 3.41. The lowest BCUT2D eigenvalue weighted by molar-refractivity contribution is -0.384. The molecule has 3 aromatic rings. The maximum atomic E-state index is 10.9. The Kier molecular flexibility index (Phi) is 4.85. The van der Waals surface area contributed by atoms with Gasteiger partial charge in [-0.3, -0.25) is 15.1 Å². The van der Waals surface area contributed by atoms with Gasteiger partial charge in [-0.15, -0.1) is 0 Å². The Bertz CT molecular complexity index is 1000. The maximum absolute atomic E-state index is 10.9. The van der Waals surface area contributed by atoms with Crippen LogP contribution in [0.15, 0.2) is 51.9 Å². The molecule has 0 saturated heterocycles. The molecule has 1 heterocycles. The summed E-state index contributed by atoms with van der Waals surface area (Å²) in [6.45, 7) is 0. The Hall–Kier alpha value is -3.39. The van der Waals surface area contributed by atoms with E-state index in [0.29, 0.717) is 11.3 Å². The summed E-state index contributed by atoms with van der Waals surface area (Å²) in [4.78, 5) is 18.5. The summed E-state index contributed by atoms with van der Waals surface area (Å²) in [7, 11) is 1.54. The first kappa shape index (κ1) is 17.4. The summed E-state index contributed by atoms with van der Waals surface area (Å²) in [5.74, 6) is 0.379. The van der Waals surface area contributed by atoms with E-state index in [-0.39, 0.29) is 28.0 Å². The molecule has 0 aliphatic carbocycles. The van der Waals surface area contributed by atoms with Gasteiger partial charge < -0.3 is 14.3 Å². The Morgan fingerprint density at radius 1 is 1.35 bits per heavy atom. The number of hydrogen-bond acceptors (Lipinski definition) is 7. The molecular weight excluding hydrogens is 362 g/mol. The smallest absolute Gasteiger partial charge is 0.312 e. The molecule has 132 valence electrons. The largest absolute Gasteiger partial charge is 0.497 e. The number of nitro groups is 1. The van der Waals surface area contributed by atoms with E-state index in [1.807, 2.05) is 0 Å². The van der Waals surface area contributed by atoms with Crippen molar-refractivity contribution in [3.63, 3.8) is 0 Å². The number of rotatable bonds is 5. The lowest BCUT2D eigenvalue weighted by Crippen LogP contribution is -1.88. The highest BCUT2D eigenvalue weighted by atomic mass is 35.5. The number of methoxy groups -OCH3 is 1. The number of aromatic nitrogens is 1. The van der Waals surface area contributed by atoms with Gasteiger partial charge >= 0.3 is 5.95 Å². The molecule has 0 amide bonds. The highest BCUT2D eigenvalue weighted by molar-refractivity contribution is 6.32. The molecule has 0 radical (unpaired) electrons. The van der Waals surface area contributed by atoms with Crippen molar-refractivity contribution >= 4 is 29.2 Å². The van der Waals surface area contributed by atoms with Crippen LogP contribution < -0.4 is 4.74 Å². The maximum Gasteiger partial charge on any atom is 0.312 e. The fourth-order valence-corrected chi connectivity index (χ4v) is 2.33. The third-order valence-corrected chi connectivity index (χ3v) is 3.73. The number of nitrogens with zero attached hydrogens (tertiary/aromatic N) is 3. The van der Waals surface area contributed by atoms with Crippen molar-refractivity contribution in [1.82, 2.24) is 4.98 Å². The molecule has 1 aromatic heterocycles. The molecule has 0 saturated carbocycles. The molecule has 26 heavy (non-hydrogen) atoms. The number of hydrogen-bond donors (Lipinski definition) is 1. The molecule has 0 spiro atoms. The minimum Gasteiger partial charge on any atom is -0.497 e. The molecule has 0 atom stereocenters. The average Bonchev–Trinajstić information content (AvgIpc) is 3.01. The molecule has 8 nitrogen and oxygen atoms in total. The van der Waals surface area contributed by atoms with Gasteiger partial charge in [0, 0.05) is 11.6 Å². The zero-order valence-corrected chi connectivity index (χ0v) is 14.2. The summed E-state index contributed by atoms with van der Waals surface area (Å²) < 4.78 is 10.4. The molecular formula is C17H12ClN3O5. The van der Waals surface area contributed by atoms with Crippen molar-refractivity contribution in [1.29, 1.82) is 0 Å². The number of aliphatic imine (C=N–C) groups is 1. The van der Waals surface area contributed by atoms with Gasteiger partial charge in [-0.2, -0.15) is 0 Å². The number of aromatic hydroxyl groups is 1. The number of nitro benzene ring substituents is 1. The van der Waals surface area contributed by atoms with Gasteiger partial charge in [0.1, 0.15) is 10.8 Å². The quantitative estimate of drug-likeness (QED) is 0.404. The van der Waals surface area contributed by atoms with Gasteiger partial charge in [-0.25, -0.2) is 4.98 Å². The Morgan fingerprint density at radius 3 is 2.88 bits per heavy atom. The topological polar surface area (TPSA) is 111 Å². The van der Waals surface area contributed by atoms with Crippen LogP contribution >= 0.6 is 11.6 Å². The predicted octanol–water partition coefficient (Wildman–Crippen LogP) is 4.37. The minimum absolute atomic E-state index is 0.0125. The van der Waals surface area contributed by atoms with E-state index in [1.165, 1.54) is 31.5 Å². The standard InChI is InChI=1S/C17H12ClN3O5/c1-25-12-4-2-3-10(7-12)16-20-14(17(22)26-16)9-19-11-5-6-13(18)15(8-11)21(23)24/h2-9,22H,1H3. The van der Waals surface area contributed by atoms with Crippen molar-refractivity contribution in [2.24, 2.45) is 4.99 Å². The van der Waals surface area contributed by atoms with E-state index >= 15 is 0 Å². The normalized spacial score (nSPS) is 11.0. The first-order valence-corrected chi connectivity index (χ1v) is 7.68. The number of benzene rings is 2. The lowest BCUT2D eigenvalue weighted by atomic mass is 10.2. The van der Waals surface area contributed by atoms with Crippen LogP contribution in [0, 0.1) is 10.1 Å². The third kappa shape index (κ3) is 3.65. The van der Waals surface area contributed by atoms with E-state index in [9.17, 15) is 15.2 Å². The van der Waals surface area contributed by atoms with E-state index in [4.69, 9.17) is 20.8 Å². The molecule has 0 aliphatic heterocycles. The van der Waals surface area contributed by atoms with Gasteiger partial charge in [-0.05, 0) is 30.3 Å². The first-order chi connectivity index (χ1) is 12.5. The molecule has 3 rings (SSSR count). The van der Waals surface area contributed by atoms with Crippen LogP contribution in [-0.2, 0) is 0 Å². The second-order valence-electron chi connectivity index (χ2n) is 5.09. The Balaban J connectivity index is 1.89. The van der Waals surface area contributed by atoms with Crippen molar-refractivity contribution in [3.05, 3.63) is 63.3 Å². The average molecular weight is 374 g/mol. The van der Waals surface area contributed by atoms with Crippen LogP contribution in [0.5, 0.6) is 11.7 Å². The monoisotopic (exact) mass is 373 g/mol. The number of oxazole rings is 1. The van der Waals surface area contributed by atoms with E-state index in [0.717, 1.165) is 0 Å². The molecule has 0 aliphatic rings. The summed E-state index contributed by atoms with van der Waals surface area (Å²) in [6.07, 6.45) is 1.25. The zero-order chi connectivity index (χ0) is 18.7. The number of ether oxygens (including phenoxy) is 1. The second kappa shape index (κ2) is 7.24. The summed E-state index contributed by atoms with van der Waals surface area (Å²) in [5, 5.41) is 20.8. The Morgan fingerprint density at radius 2 is 2.15 bits per heavy atom. The first-order valence-electron chi connectivity index (χ1n) is 7.30. The van der Waals surface area contributed by atoms with Gasteiger partial charge in [0.2, 0.25) is 5.89 Å². The predicted molar refractivity (Wildman–Crippen MR) is 95.5 cm³/mol. The van der Waals surface area contributed by atoms with Crippen LogP contribution in [0.3, 0.4) is 0 Å². The minimum atomic E-state index is -0.601. The fourth-order valence-electron chi connectivity index (χ4n) is 2.14. The highest BCUT2D eigenvalue weighted by Gasteiger charge is 2.14. The van der Waals surface area contributed by atoms with Crippen molar-refractivity contribution in [3.8, 4) is 23.1 Å². The van der Waals surface area contributed by atoms with E-state index in [1.54, 1.807) is 24.3 Å². The van der Waals surface area contributed by atoms with Crippen LogP contribution in [0.25, 0.3) is 11.5 Å². The summed E-state index contributed by atoms with van der Waals surface area (Å²) >= 11 is 5.76. The molecule has 1 N–H and O–H groups in total. The van der Waals surface area contributed by atoms with Crippen LogP contribution in [0.2, 0.25) is 5.02 Å². The van der Waals surface area contributed by atoms with Crippen molar-refractivity contribution in [2.75, 3.05) is 7.11 Å². The molecule has 2 aromatic carbocycles. The molecule has 9 heteroatoms. The fraction of sp³-hybridized carbons (Fsp3) is 0.0588. The van der Waals surface area contributed by atoms with E-state index < -0.39 is 10.9 Å². The lowest BCUT2D eigenvalue weighted by Gasteiger charge is -2.00. The Labute approximate surface area is 152 Å². The van der Waals surface area contributed by atoms with Crippen LogP contribution in [0.4, 0.5) is 11.4 Å². The van der Waals surface area contributed by atoms with Gasteiger partial charge in [0.25, 0.3) is 5.69 Å². The van der Waals surface area contributed by atoms with Crippen molar-refractivity contribution < 1.29 is 19.2 Å². The van der Waals surface area contributed by atoms with Gasteiger partial charge in [-0.1, -0.05) is 17.7 Å². The number of halogens is 1. The molecule has 0 bridgehead atoms. The zero-order valence-electron chi connectivity index (χ0n) is 13.4. The highest BCUT2D eigenvalue weighted by Crippen LogP contribution is 2.30. The SMILES string of the molecule is COc1cccc(-c2nc(C=Nc3ccc(Cl)c([N+](=O)[O-])c3)c(O)o2)c1. The molecule has 0 fully saturated rings. The summed E-state index contributed by atoms with van der Waals surface area (Å²) in [5.41, 5.74) is 0.719. The summed E-state index contributed by atoms with van der Waals surface area (Å²) in [6, 6.07) is 11.1. The van der Waals surface area contributed by atoms with Crippen LogP contribution in [0.1, 0.15) is 5.69 Å². The molecule has 0 unspecified atom stereocenters. The van der Waals surface area contributed by atoms with E-state index in [2.05, 4.69) is 9.98 Å². The van der Waals surface area contributed by atoms with Crippen molar-refractivity contribution in [2.45, 2.75) is 0 Å². The van der Waals surface area contributed by atoms with Crippen LogP contribution in [-0.4, -0.2) is 28.3 Å². The second-order valence-corrected chi connectivity index (χ2v) is 5.50. The van der Waals surface area contributed by atoms with Gasteiger partial charge in [0.05, 0.1) is 23.9 Å².